The first kappa shape index (κ1) is 21.3. The maximum Gasteiger partial charge on any atom is 0.354 e. The molecule has 0 radical (unpaired) electrons. The van der Waals surface area contributed by atoms with Crippen LogP contribution >= 0.6 is 0 Å². The molecule has 120 valence electrons. The van der Waals surface area contributed by atoms with Crippen molar-refractivity contribution < 1.29 is 35.7 Å². The Labute approximate surface area is 125 Å². The molecule has 2 rings (SSSR count). The lowest BCUT2D eigenvalue weighted by Crippen LogP contribution is -2.24. The number of pyridine rings is 2. The number of carboxylic acids is 2. The fourth-order valence-electron chi connectivity index (χ4n) is 1.27. The molecule has 0 aliphatic carbocycles. The van der Waals surface area contributed by atoms with Crippen LogP contribution < -0.4 is 15.8 Å². The van der Waals surface area contributed by atoms with E-state index in [-0.39, 0.29) is 22.3 Å². The number of aromatic carboxylic acids is 2. The molecule has 0 amide bonds. The summed E-state index contributed by atoms with van der Waals surface area (Å²) < 4.78 is 0. The van der Waals surface area contributed by atoms with Gasteiger partial charge in [0.15, 0.2) is 0 Å². The Morgan fingerprint density at radius 1 is 1.23 bits per heavy atom. The second-order valence-electron chi connectivity index (χ2n) is 3.82. The van der Waals surface area contributed by atoms with E-state index in [2.05, 4.69) is 9.97 Å². The minimum atomic E-state index is -1.49. The standard InChI is InChI=1S/C7H5NO4.C6H8N2.2H2O/c9-6(10)4-2-1-3-5(8-4)7(11)12;1-5-2-3-8-6(7)4-5;;/h1-3H,(H,9,10)(H,11,12);2-4H,1H3,(H2,7,8);2*1H2. The summed E-state index contributed by atoms with van der Waals surface area (Å²) in [6, 6.07) is 7.52. The van der Waals surface area contributed by atoms with Crippen molar-refractivity contribution in [2.24, 2.45) is 0 Å². The second-order valence-corrected chi connectivity index (χ2v) is 3.82. The monoisotopic (exact) mass is 311 g/mol. The maximum atomic E-state index is 10.3. The van der Waals surface area contributed by atoms with E-state index in [1.165, 1.54) is 23.8 Å². The Kier molecular flexibility index (Phi) is 9.47. The molecule has 0 fully saturated rings. The highest BCUT2D eigenvalue weighted by atomic mass is 16.4. The molecule has 0 aliphatic rings. The van der Waals surface area contributed by atoms with Crippen LogP contribution in [0.2, 0.25) is 0 Å². The first-order valence-electron chi connectivity index (χ1n) is 5.55. The van der Waals surface area contributed by atoms with Crippen LogP contribution in [-0.2, 0) is 0 Å². The Bertz CT molecular complexity index is 586. The van der Waals surface area contributed by atoms with E-state index in [4.69, 9.17) is 10.8 Å². The Morgan fingerprint density at radius 3 is 2.23 bits per heavy atom. The smallest absolute Gasteiger partial charge is 0.354 e. The van der Waals surface area contributed by atoms with Crippen molar-refractivity contribution in [1.82, 2.24) is 4.98 Å². The van der Waals surface area contributed by atoms with Crippen LogP contribution in [0.25, 0.3) is 0 Å². The number of H-pyrrole nitrogens is 1. The van der Waals surface area contributed by atoms with E-state index >= 15 is 0 Å². The summed E-state index contributed by atoms with van der Waals surface area (Å²) in [6.07, 6.45) is 1.82. The van der Waals surface area contributed by atoms with Crippen molar-refractivity contribution in [2.75, 3.05) is 5.73 Å². The van der Waals surface area contributed by atoms with Crippen molar-refractivity contribution in [3.8, 4) is 0 Å². The molecule has 8 N–H and O–H groups in total. The summed E-state index contributed by atoms with van der Waals surface area (Å²) in [7, 11) is 0. The van der Waals surface area contributed by atoms with E-state index in [1.807, 2.05) is 25.3 Å². The highest BCUT2D eigenvalue weighted by Gasteiger charge is 2.04. The van der Waals surface area contributed by atoms with Gasteiger partial charge in [0.05, 0.1) is 17.9 Å². The van der Waals surface area contributed by atoms with Gasteiger partial charge in [-0.15, -0.1) is 0 Å². The zero-order valence-electron chi connectivity index (χ0n) is 11.7. The van der Waals surface area contributed by atoms with E-state index in [1.54, 1.807) is 0 Å². The number of nitrogens with two attached hydrogens (primary N) is 1. The number of aromatic nitrogens is 2. The van der Waals surface area contributed by atoms with Gasteiger partial charge in [-0.25, -0.2) is 14.8 Å². The third kappa shape index (κ3) is 6.93. The van der Waals surface area contributed by atoms with Crippen LogP contribution in [0.4, 0.5) is 5.82 Å². The van der Waals surface area contributed by atoms with Crippen molar-refractivity contribution in [3.05, 3.63) is 53.5 Å². The third-order valence-corrected chi connectivity index (χ3v) is 2.16. The van der Waals surface area contributed by atoms with E-state index in [9.17, 15) is 14.7 Å². The first-order valence-corrected chi connectivity index (χ1v) is 5.55. The number of hydrogen-bond acceptors (Lipinski definition) is 5. The Morgan fingerprint density at radius 2 is 1.82 bits per heavy atom. The molecule has 9 heteroatoms. The molecule has 0 aromatic carbocycles. The second kappa shape index (κ2) is 9.80. The van der Waals surface area contributed by atoms with Gasteiger partial charge < -0.3 is 26.0 Å². The third-order valence-electron chi connectivity index (χ3n) is 2.16. The first-order chi connectivity index (χ1) is 9.40. The summed E-state index contributed by atoms with van der Waals surface area (Å²) >= 11 is 0. The number of nitrogens with zero attached hydrogens (tertiary/aromatic N) is 1. The SMILES string of the molecule is Cc1cc[nH+]c(N)c1.O.O.O=C([O-])c1cccc(C(=O)O)n1. The summed E-state index contributed by atoms with van der Waals surface area (Å²) in [5, 5.41) is 18.6. The van der Waals surface area contributed by atoms with E-state index in [0.29, 0.717) is 5.82 Å². The van der Waals surface area contributed by atoms with Crippen LogP contribution in [0.15, 0.2) is 36.5 Å². The number of aryl methyl sites for hydroxylation is 1. The highest BCUT2D eigenvalue weighted by Crippen LogP contribution is 1.98. The number of carbonyl (C=O) groups is 2. The molecule has 0 aliphatic heterocycles. The Hall–Kier alpha value is -3.04. The van der Waals surface area contributed by atoms with E-state index in [0.717, 1.165) is 0 Å². The van der Waals surface area contributed by atoms with Gasteiger partial charge in [-0.1, -0.05) is 6.07 Å². The number of nitrogen functional groups attached to an aromatic ring is 1. The fraction of sp³-hybridized carbons (Fsp3) is 0.0769. The van der Waals surface area contributed by atoms with Gasteiger partial charge in [-0.05, 0) is 30.7 Å². The van der Waals surface area contributed by atoms with Crippen molar-refractivity contribution in [2.45, 2.75) is 6.92 Å². The molecule has 0 bridgehead atoms. The van der Waals surface area contributed by atoms with Gasteiger partial charge in [0.2, 0.25) is 0 Å². The molecule has 22 heavy (non-hydrogen) atoms. The van der Waals surface area contributed by atoms with Gasteiger partial charge in [0, 0.05) is 6.07 Å². The van der Waals surface area contributed by atoms with Gasteiger partial charge >= 0.3 is 5.97 Å². The summed E-state index contributed by atoms with van der Waals surface area (Å²) in [4.78, 5) is 26.7. The lowest BCUT2D eigenvalue weighted by atomic mass is 10.3. The summed E-state index contributed by atoms with van der Waals surface area (Å²) in [5.74, 6) is -2.04. The van der Waals surface area contributed by atoms with Crippen LogP contribution in [-0.4, -0.2) is 33.0 Å². The number of hydrogen-bond donors (Lipinski definition) is 2. The molecule has 2 heterocycles. The highest BCUT2D eigenvalue weighted by molar-refractivity contribution is 5.88. The average molecular weight is 311 g/mol. The molecule has 0 saturated heterocycles. The number of carbonyl (C=O) groups excluding carboxylic acids is 1. The molecule has 0 saturated carbocycles. The minimum Gasteiger partial charge on any atom is -0.543 e. The number of rotatable bonds is 2. The molecule has 0 spiro atoms. The number of carboxylic acid groups (broad SMARTS) is 2. The number of anilines is 1. The predicted molar refractivity (Wildman–Crippen MR) is 74.9 cm³/mol. The predicted octanol–water partition coefficient (Wildman–Crippen LogP) is -2.11. The normalized spacial score (nSPS) is 8.41. The van der Waals surface area contributed by atoms with Gasteiger partial charge in [0.25, 0.3) is 5.82 Å². The fourth-order valence-corrected chi connectivity index (χ4v) is 1.27. The van der Waals surface area contributed by atoms with Crippen molar-refractivity contribution in [3.63, 3.8) is 0 Å². The van der Waals surface area contributed by atoms with Crippen LogP contribution in [0.3, 0.4) is 0 Å². The quantitative estimate of drug-likeness (QED) is 0.636. The minimum absolute atomic E-state index is 0. The van der Waals surface area contributed by atoms with Crippen LogP contribution in [0.1, 0.15) is 26.5 Å². The lowest BCUT2D eigenvalue weighted by molar-refractivity contribution is -0.360. The zero-order chi connectivity index (χ0) is 15.1. The number of nitrogens with one attached hydrogen (secondary N) is 1. The van der Waals surface area contributed by atoms with Gasteiger partial charge in [0.1, 0.15) is 5.69 Å². The largest absolute Gasteiger partial charge is 0.543 e. The van der Waals surface area contributed by atoms with Gasteiger partial charge in [-0.3, -0.25) is 5.73 Å². The summed E-state index contributed by atoms with van der Waals surface area (Å²) in [6.45, 7) is 2.00. The molecule has 0 unspecified atom stereocenters. The Balaban J connectivity index is 0. The van der Waals surface area contributed by atoms with E-state index < -0.39 is 11.9 Å². The molecule has 9 nitrogen and oxygen atoms in total. The molecular formula is C13H17N3O6. The molecular weight excluding hydrogens is 294 g/mol. The topological polar surface area (TPSA) is 193 Å². The summed E-state index contributed by atoms with van der Waals surface area (Å²) in [5.41, 5.74) is 5.90. The van der Waals surface area contributed by atoms with Gasteiger partial charge in [-0.2, -0.15) is 0 Å². The lowest BCUT2D eigenvalue weighted by Gasteiger charge is -2.00. The molecule has 2 aromatic heterocycles. The number of aromatic amines is 1. The zero-order valence-corrected chi connectivity index (χ0v) is 11.7. The van der Waals surface area contributed by atoms with Crippen molar-refractivity contribution >= 4 is 17.8 Å². The van der Waals surface area contributed by atoms with Crippen LogP contribution in [0, 0.1) is 6.92 Å². The maximum absolute atomic E-state index is 10.3. The van der Waals surface area contributed by atoms with Crippen LogP contribution in [0.5, 0.6) is 0 Å². The van der Waals surface area contributed by atoms with Crippen molar-refractivity contribution in [1.29, 1.82) is 0 Å². The molecule has 0 atom stereocenters. The molecule has 2 aromatic rings. The average Bonchev–Trinajstić information content (AvgIpc) is 2.39.